The van der Waals surface area contributed by atoms with E-state index >= 15 is 0 Å². The third kappa shape index (κ3) is 27.6. The van der Waals surface area contributed by atoms with E-state index in [1.807, 2.05) is 73.7 Å². The van der Waals surface area contributed by atoms with Crippen molar-refractivity contribution in [2.75, 3.05) is 60.0 Å². The average molecular weight is 1840 g/mol. The molecule has 16 heteroatoms. The van der Waals surface area contributed by atoms with Gasteiger partial charge in [-0.2, -0.15) is 0 Å². The third-order valence-corrected chi connectivity index (χ3v) is 28.2. The maximum Gasteiger partial charge on any atom is 0.168 e. The molecule has 132 heavy (non-hydrogen) atoms. The Balaban J connectivity index is 0.000000131. The minimum atomic E-state index is -0.596. The lowest BCUT2D eigenvalue weighted by Gasteiger charge is -2.32. The van der Waals surface area contributed by atoms with Crippen LogP contribution < -0.4 is 42.6 Å². The number of halogens is 7. The van der Waals surface area contributed by atoms with Crippen LogP contribution in [0.5, 0.6) is 51.7 Å². The number of methoxy groups -OCH3 is 1. The molecule has 0 saturated carbocycles. The van der Waals surface area contributed by atoms with Crippen LogP contribution in [-0.4, -0.2) is 60.0 Å². The second kappa shape index (κ2) is 49.2. The molecule has 9 nitrogen and oxygen atoms in total. The van der Waals surface area contributed by atoms with Crippen LogP contribution in [0.2, 0.25) is 10.0 Å². The fourth-order valence-corrected chi connectivity index (χ4v) is 19.3. The molecule has 8 heterocycles. The number of benzene rings is 11. The lowest BCUT2D eigenvalue weighted by molar-refractivity contribution is 0.257. The summed E-state index contributed by atoms with van der Waals surface area (Å²) in [6.07, 6.45) is 18.9. The summed E-state index contributed by atoms with van der Waals surface area (Å²) in [6, 6.07) is 69.5. The normalized spacial score (nSPS) is 21.9. The number of aryl methyl sites for hydroxylation is 3. The zero-order valence-electron chi connectivity index (χ0n) is 79.9. The molecule has 11 aliphatic rings. The van der Waals surface area contributed by atoms with Gasteiger partial charge in [0.1, 0.15) is 57.7 Å². The van der Waals surface area contributed by atoms with E-state index in [0.717, 1.165) is 169 Å². The van der Waals surface area contributed by atoms with Crippen LogP contribution in [0.25, 0.3) is 0 Å². The molecule has 0 radical (unpaired) electrons. The van der Waals surface area contributed by atoms with Gasteiger partial charge in [0, 0.05) is 33.8 Å². The summed E-state index contributed by atoms with van der Waals surface area (Å²) in [7, 11) is 1.69. The van der Waals surface area contributed by atoms with Gasteiger partial charge < -0.3 is 42.6 Å². The van der Waals surface area contributed by atoms with Crippen molar-refractivity contribution in [1.82, 2.24) is 0 Å². The third-order valence-electron chi connectivity index (χ3n) is 27.7. The SMILES string of the molecule is CC1(C)CCCc2ccccc21.CC1CCCc2ccccc21.CC1CCOc2c(Cl)cccc21.CC1CCOc2c(F)cc(F)cc21.CC1CCOc2c(F)cccc21.CC1CCOc2cc(F)ccc21.CC1CCOc2ccc(Cl)cc21.CC1CCOc2ccc(F)cc21.CC1CCOc2ccccc21.CC1CCc2ccccc2C1C.COc1ccc2c(c1)C(C)CCO2. The van der Waals surface area contributed by atoms with Crippen molar-refractivity contribution in [2.45, 2.75) is 257 Å². The second-order valence-corrected chi connectivity index (χ2v) is 38.6. The van der Waals surface area contributed by atoms with E-state index in [1.54, 1.807) is 58.7 Å². The van der Waals surface area contributed by atoms with Crippen molar-refractivity contribution in [3.63, 3.8) is 0 Å². The van der Waals surface area contributed by atoms with Gasteiger partial charge in [-0.1, -0.05) is 235 Å². The van der Waals surface area contributed by atoms with Crippen LogP contribution in [0.3, 0.4) is 0 Å². The van der Waals surface area contributed by atoms with E-state index < -0.39 is 11.6 Å². The summed E-state index contributed by atoms with van der Waals surface area (Å²) >= 11 is 11.9. The van der Waals surface area contributed by atoms with Crippen molar-refractivity contribution in [1.29, 1.82) is 0 Å². The van der Waals surface area contributed by atoms with E-state index in [1.165, 1.54) is 104 Å². The lowest BCUT2D eigenvalue weighted by Crippen LogP contribution is -2.23. The van der Waals surface area contributed by atoms with E-state index in [-0.39, 0.29) is 29.1 Å². The molecule has 0 N–H and O–H groups in total. The molecular formula is C116H137Cl2F5O9. The van der Waals surface area contributed by atoms with Gasteiger partial charge in [0.15, 0.2) is 23.1 Å². The minimum absolute atomic E-state index is 0.175. The van der Waals surface area contributed by atoms with Gasteiger partial charge in [-0.15, -0.1) is 0 Å². The predicted octanol–water partition coefficient (Wildman–Crippen LogP) is 32.4. The average Bonchev–Trinajstić information content (AvgIpc) is 0.793. The number of hydrogen-bond acceptors (Lipinski definition) is 9. The highest BCUT2D eigenvalue weighted by Crippen LogP contribution is 2.45. The highest BCUT2D eigenvalue weighted by Gasteiger charge is 2.30. The molecule has 11 aromatic rings. The molecule has 3 aliphatic carbocycles. The Bertz CT molecular complexity index is 5330. The summed E-state index contributed by atoms with van der Waals surface area (Å²) in [4.78, 5) is 0. The molecule has 11 unspecified atom stereocenters. The maximum absolute atomic E-state index is 13.1. The zero-order valence-corrected chi connectivity index (χ0v) is 81.4. The van der Waals surface area contributed by atoms with Gasteiger partial charge in [0.05, 0.1) is 65.0 Å². The molecule has 11 atom stereocenters. The largest absolute Gasteiger partial charge is 0.497 e. The van der Waals surface area contributed by atoms with Crippen molar-refractivity contribution in [3.05, 3.63) is 335 Å². The molecule has 0 saturated heterocycles. The fourth-order valence-electron chi connectivity index (χ4n) is 18.9. The topological polar surface area (TPSA) is 83.1 Å². The number of hydrogen-bond donors (Lipinski definition) is 0. The number of rotatable bonds is 1. The Morgan fingerprint density at radius 3 is 1.28 bits per heavy atom. The van der Waals surface area contributed by atoms with Crippen LogP contribution in [-0.2, 0) is 24.7 Å². The Morgan fingerprint density at radius 1 is 0.295 bits per heavy atom. The van der Waals surface area contributed by atoms with E-state index in [4.69, 9.17) is 65.8 Å². The van der Waals surface area contributed by atoms with Crippen LogP contribution in [0.1, 0.15) is 311 Å². The molecule has 0 spiro atoms. The summed E-state index contributed by atoms with van der Waals surface area (Å²) < 4.78 is 113. The highest BCUT2D eigenvalue weighted by molar-refractivity contribution is 6.32. The van der Waals surface area contributed by atoms with Gasteiger partial charge in [-0.3, -0.25) is 0 Å². The van der Waals surface area contributed by atoms with Crippen molar-refractivity contribution >= 4 is 23.2 Å². The first kappa shape index (κ1) is 101. The van der Waals surface area contributed by atoms with Gasteiger partial charge in [0.2, 0.25) is 0 Å². The van der Waals surface area contributed by atoms with Gasteiger partial charge in [-0.05, 0) is 319 Å². The van der Waals surface area contributed by atoms with Gasteiger partial charge >= 0.3 is 0 Å². The number of ether oxygens (including phenoxy) is 9. The standard InChI is InChI=1S/2C12H16.C11H14O2.C11H14.2C10H11ClO.C10H10F2O.3C10H11FO.C10H12O/c1-12(2)9-5-7-10-6-3-4-8-11(10)12;1-9-7-8-11-5-3-4-6-12(11)10(9)2;1-8-5-6-13-11-4-3-9(12-2)7-10(8)11;1-9-5-4-7-10-6-2-3-8-11(9)10;1-7-4-5-12-10-3-2-8(11)6-9(7)10;1-7-5-6-12-10-8(7)3-2-4-9(10)11;1-6-2-3-13-10-8(6)4-7(11)5-9(10)12;1-7-4-5-12-10-3-2-8(11)6-9(7)10;1-7-4-5-12-10-6-8(11)2-3-9(7)10;1-7-5-6-12-10-8(7)3-2-4-9(10)11;1-8-6-7-11-10-5-3-2-4-9(8)10/h3-4,6,8H,5,7,9H2,1-2H3;3-6,9-10H,7-8H2,1-2H3;3-4,7-8H,5-6H2,1-2H3;2-3,6,8-9H,4-5,7H2,1H3;2-3,6-7H,4-5H2,1H3;2-4,7H,5-6H2,1H3;4-6H,2-3H2,1H3;2*2-3,6-7H,4-5H2,1H3;2-4,7H,5-6H2,1H3;2-5,8H,6-7H2,1H3. The molecular weight excluding hydrogens is 1700 g/mol. The molecule has 11 aromatic carbocycles. The molecule has 8 aliphatic heterocycles. The van der Waals surface area contributed by atoms with Crippen molar-refractivity contribution in [2.24, 2.45) is 5.92 Å². The van der Waals surface area contributed by atoms with Gasteiger partial charge in [-0.25, -0.2) is 22.0 Å². The van der Waals surface area contributed by atoms with Crippen LogP contribution in [0.15, 0.2) is 218 Å². The zero-order chi connectivity index (χ0) is 94.0. The van der Waals surface area contributed by atoms with E-state index in [0.29, 0.717) is 83.7 Å². The number of para-hydroxylation sites is 3. The molecule has 704 valence electrons. The molecule has 0 bridgehead atoms. The molecule has 22 rings (SSSR count). The van der Waals surface area contributed by atoms with Gasteiger partial charge in [0.25, 0.3) is 0 Å². The minimum Gasteiger partial charge on any atom is -0.497 e. The van der Waals surface area contributed by atoms with E-state index in [2.05, 4.69) is 180 Å². The summed E-state index contributed by atoms with van der Waals surface area (Å²) in [6.45, 7) is 34.8. The summed E-state index contributed by atoms with van der Waals surface area (Å²) in [5.41, 5.74) is 18.7. The first-order chi connectivity index (χ1) is 63.6. The van der Waals surface area contributed by atoms with Crippen LogP contribution >= 0.6 is 23.2 Å². The quantitative estimate of drug-likeness (QED) is 0.149. The second-order valence-electron chi connectivity index (χ2n) is 37.8. The van der Waals surface area contributed by atoms with Crippen LogP contribution in [0.4, 0.5) is 22.0 Å². The van der Waals surface area contributed by atoms with Crippen molar-refractivity contribution in [3.8, 4) is 51.7 Å². The number of fused-ring (bicyclic) bond motifs is 11. The van der Waals surface area contributed by atoms with Crippen LogP contribution in [0, 0.1) is 35.0 Å². The Labute approximate surface area is 793 Å². The molecule has 0 amide bonds. The first-order valence-electron chi connectivity index (χ1n) is 48.1. The summed E-state index contributed by atoms with van der Waals surface area (Å²) in [5.74, 6) is 11.7. The Hall–Kier alpha value is -10.2. The first-order valence-corrected chi connectivity index (χ1v) is 48.9. The lowest BCUT2D eigenvalue weighted by atomic mass is 9.73. The summed E-state index contributed by atoms with van der Waals surface area (Å²) in [5, 5.41) is 1.53. The maximum atomic E-state index is 13.1. The molecule has 0 fully saturated rings. The Kier molecular flexibility index (Phi) is 37.6. The Morgan fingerprint density at radius 2 is 0.705 bits per heavy atom. The predicted molar refractivity (Wildman–Crippen MR) is 529 cm³/mol. The van der Waals surface area contributed by atoms with E-state index in [9.17, 15) is 22.0 Å². The molecule has 0 aromatic heterocycles. The monoisotopic (exact) mass is 1840 g/mol. The fraction of sp³-hybridized carbons (Fsp3) is 0.431. The smallest absolute Gasteiger partial charge is 0.168 e. The van der Waals surface area contributed by atoms with Crippen molar-refractivity contribution < 1.29 is 64.6 Å². The highest BCUT2D eigenvalue weighted by atomic mass is 35.5.